The number of carbonyl (C=O) groups is 1. The Labute approximate surface area is 196 Å². The zero-order valence-electron chi connectivity index (χ0n) is 18.3. The summed E-state index contributed by atoms with van der Waals surface area (Å²) in [5.74, 6) is -0.277. The fourth-order valence-corrected chi connectivity index (χ4v) is 5.53. The lowest BCUT2D eigenvalue weighted by atomic mass is 9.86. The van der Waals surface area contributed by atoms with Crippen molar-refractivity contribution in [2.75, 3.05) is 13.1 Å². The summed E-state index contributed by atoms with van der Waals surface area (Å²) in [5, 5.41) is 11.0. The van der Waals surface area contributed by atoms with E-state index < -0.39 is 0 Å². The largest absolute Gasteiger partial charge is 0.347 e. The zero-order chi connectivity index (χ0) is 22.8. The zero-order valence-corrected chi connectivity index (χ0v) is 19.1. The molecule has 0 bridgehead atoms. The average Bonchev–Trinajstić information content (AvgIpc) is 3.47. The van der Waals surface area contributed by atoms with Crippen LogP contribution in [0.3, 0.4) is 0 Å². The molecule has 3 heterocycles. The van der Waals surface area contributed by atoms with E-state index in [9.17, 15) is 9.18 Å². The van der Waals surface area contributed by atoms with E-state index in [2.05, 4.69) is 27.9 Å². The minimum absolute atomic E-state index is 0.0760. The molecule has 0 saturated carbocycles. The van der Waals surface area contributed by atoms with Crippen molar-refractivity contribution < 1.29 is 9.18 Å². The Bertz CT molecular complexity index is 1270. The first kappa shape index (κ1) is 21.6. The normalized spacial score (nSPS) is 18.2. The van der Waals surface area contributed by atoms with Crippen LogP contribution < -0.4 is 10.6 Å². The van der Waals surface area contributed by atoms with Gasteiger partial charge in [-0.05, 0) is 48.4 Å². The smallest absolute Gasteiger partial charge is 0.261 e. The van der Waals surface area contributed by atoms with Crippen LogP contribution in [0.25, 0.3) is 21.7 Å². The van der Waals surface area contributed by atoms with Gasteiger partial charge in [-0.25, -0.2) is 4.39 Å². The van der Waals surface area contributed by atoms with Gasteiger partial charge in [0.05, 0.1) is 21.6 Å². The van der Waals surface area contributed by atoms with Gasteiger partial charge in [-0.1, -0.05) is 42.5 Å². The van der Waals surface area contributed by atoms with Gasteiger partial charge in [-0.3, -0.25) is 9.48 Å². The number of benzene rings is 2. The minimum atomic E-state index is -0.246. The summed E-state index contributed by atoms with van der Waals surface area (Å²) in [6.07, 6.45) is 2.71. The van der Waals surface area contributed by atoms with E-state index in [1.807, 2.05) is 54.3 Å². The van der Waals surface area contributed by atoms with Crippen molar-refractivity contribution >= 4 is 17.2 Å². The highest BCUT2D eigenvalue weighted by Crippen LogP contribution is 2.36. The Balaban J connectivity index is 1.38. The lowest BCUT2D eigenvalue weighted by Gasteiger charge is -2.33. The highest BCUT2D eigenvalue weighted by atomic mass is 32.1. The first-order valence-corrected chi connectivity index (χ1v) is 11.9. The van der Waals surface area contributed by atoms with Gasteiger partial charge >= 0.3 is 0 Å². The van der Waals surface area contributed by atoms with Crippen molar-refractivity contribution in [1.82, 2.24) is 20.4 Å². The summed E-state index contributed by atoms with van der Waals surface area (Å²) in [4.78, 5) is 14.8. The number of carbonyl (C=O) groups excluding carboxylic acids is 1. The number of piperidine rings is 1. The van der Waals surface area contributed by atoms with Gasteiger partial charge in [-0.2, -0.15) is 5.10 Å². The number of rotatable bonds is 5. The molecule has 2 aromatic carbocycles. The maximum absolute atomic E-state index is 13.8. The van der Waals surface area contributed by atoms with Gasteiger partial charge < -0.3 is 10.6 Å². The highest BCUT2D eigenvalue weighted by Gasteiger charge is 2.29. The molecule has 2 N–H and O–H groups in total. The van der Waals surface area contributed by atoms with E-state index in [4.69, 9.17) is 0 Å². The minimum Gasteiger partial charge on any atom is -0.347 e. The standard InChI is InChI=1S/C26H25FN4OS/c1-31-25(21(15-29-31)17-6-3-2-4-7-17)23-10-11-24(33-23)26(32)30-22-16-28-13-12-20(22)18-8-5-9-19(27)14-18/h2-11,14-15,20,22,28H,12-13,16H2,1H3,(H,30,32)/t20-,22+/m0/s1. The number of halogens is 1. The number of nitrogens with one attached hydrogen (secondary N) is 2. The Kier molecular flexibility index (Phi) is 6.07. The fraction of sp³-hybridized carbons (Fsp3) is 0.231. The van der Waals surface area contributed by atoms with Gasteiger partial charge in [0, 0.05) is 31.1 Å². The van der Waals surface area contributed by atoms with Crippen LogP contribution in [0.15, 0.2) is 72.9 Å². The molecule has 0 spiro atoms. The molecule has 4 aromatic rings. The van der Waals surface area contributed by atoms with Gasteiger partial charge in [0.1, 0.15) is 5.82 Å². The molecular weight excluding hydrogens is 435 g/mol. The van der Waals surface area contributed by atoms with E-state index in [-0.39, 0.29) is 23.7 Å². The van der Waals surface area contributed by atoms with Crippen LogP contribution in [-0.2, 0) is 7.05 Å². The molecule has 0 radical (unpaired) electrons. The molecule has 7 heteroatoms. The summed E-state index contributed by atoms with van der Waals surface area (Å²) in [6, 6.07) is 20.6. The topological polar surface area (TPSA) is 59.0 Å². The maximum atomic E-state index is 13.8. The third-order valence-electron chi connectivity index (χ3n) is 6.16. The van der Waals surface area contributed by atoms with Gasteiger partial charge in [0.2, 0.25) is 0 Å². The molecular formula is C26H25FN4OS. The van der Waals surface area contributed by atoms with Crippen LogP contribution in [0.1, 0.15) is 27.6 Å². The van der Waals surface area contributed by atoms with E-state index >= 15 is 0 Å². The lowest BCUT2D eigenvalue weighted by Crippen LogP contribution is -2.49. The second-order valence-electron chi connectivity index (χ2n) is 8.29. The van der Waals surface area contributed by atoms with Crippen molar-refractivity contribution in [3.8, 4) is 21.7 Å². The molecule has 1 fully saturated rings. The van der Waals surface area contributed by atoms with Crippen LogP contribution in [0.4, 0.5) is 4.39 Å². The molecule has 1 aliphatic rings. The Hall–Kier alpha value is -3.29. The summed E-state index contributed by atoms with van der Waals surface area (Å²) in [6.45, 7) is 1.50. The number of nitrogens with zero attached hydrogens (tertiary/aromatic N) is 2. The molecule has 168 valence electrons. The van der Waals surface area contributed by atoms with E-state index in [1.165, 1.54) is 17.4 Å². The molecule has 1 saturated heterocycles. The van der Waals surface area contributed by atoms with Gasteiger partial charge in [-0.15, -0.1) is 11.3 Å². The van der Waals surface area contributed by atoms with Crippen molar-refractivity contribution in [2.45, 2.75) is 18.4 Å². The predicted molar refractivity (Wildman–Crippen MR) is 130 cm³/mol. The Morgan fingerprint density at radius 3 is 2.82 bits per heavy atom. The highest BCUT2D eigenvalue weighted by molar-refractivity contribution is 7.17. The first-order chi connectivity index (χ1) is 16.1. The predicted octanol–water partition coefficient (Wildman–Crippen LogP) is 4.83. The molecule has 33 heavy (non-hydrogen) atoms. The maximum Gasteiger partial charge on any atom is 0.261 e. The average molecular weight is 461 g/mol. The van der Waals surface area contributed by atoms with E-state index in [0.717, 1.165) is 40.2 Å². The molecule has 1 aliphatic heterocycles. The lowest BCUT2D eigenvalue weighted by molar-refractivity contribution is 0.0928. The van der Waals surface area contributed by atoms with Gasteiger partial charge in [0.25, 0.3) is 5.91 Å². The van der Waals surface area contributed by atoms with Crippen LogP contribution in [0.2, 0.25) is 0 Å². The molecule has 1 amide bonds. The fourth-order valence-electron chi connectivity index (χ4n) is 4.53. The second kappa shape index (κ2) is 9.29. The van der Waals surface area contributed by atoms with E-state index in [0.29, 0.717) is 11.4 Å². The van der Waals surface area contributed by atoms with Crippen molar-refractivity contribution in [3.05, 3.63) is 89.2 Å². The summed E-state index contributed by atoms with van der Waals surface area (Å²) in [7, 11) is 1.92. The van der Waals surface area contributed by atoms with Crippen LogP contribution >= 0.6 is 11.3 Å². The number of thiophene rings is 1. The molecule has 2 aromatic heterocycles. The second-order valence-corrected chi connectivity index (χ2v) is 9.38. The number of aryl methyl sites for hydroxylation is 1. The van der Waals surface area contributed by atoms with E-state index in [1.54, 1.807) is 12.1 Å². The number of aromatic nitrogens is 2. The number of hydrogen-bond donors (Lipinski definition) is 2. The third kappa shape index (κ3) is 4.47. The third-order valence-corrected chi connectivity index (χ3v) is 7.25. The summed E-state index contributed by atoms with van der Waals surface area (Å²) < 4.78 is 15.6. The molecule has 5 rings (SSSR count). The quantitative estimate of drug-likeness (QED) is 0.449. The molecule has 0 aliphatic carbocycles. The Morgan fingerprint density at radius 1 is 1.15 bits per heavy atom. The molecule has 5 nitrogen and oxygen atoms in total. The van der Waals surface area contributed by atoms with Crippen molar-refractivity contribution in [2.24, 2.45) is 7.05 Å². The number of amides is 1. The molecule has 2 atom stereocenters. The Morgan fingerprint density at radius 2 is 2.00 bits per heavy atom. The molecule has 0 unspecified atom stereocenters. The van der Waals surface area contributed by atoms with Crippen molar-refractivity contribution in [1.29, 1.82) is 0 Å². The van der Waals surface area contributed by atoms with Crippen LogP contribution in [0.5, 0.6) is 0 Å². The van der Waals surface area contributed by atoms with Crippen molar-refractivity contribution in [3.63, 3.8) is 0 Å². The van der Waals surface area contributed by atoms with Gasteiger partial charge in [0.15, 0.2) is 0 Å². The summed E-state index contributed by atoms with van der Waals surface area (Å²) >= 11 is 1.46. The summed E-state index contributed by atoms with van der Waals surface area (Å²) in [5.41, 5.74) is 4.04. The first-order valence-electron chi connectivity index (χ1n) is 11.0. The number of hydrogen-bond acceptors (Lipinski definition) is 4. The SMILES string of the molecule is Cn1ncc(-c2ccccc2)c1-c1ccc(C(=O)N[C@@H]2CNCC[C@H]2c2cccc(F)c2)s1. The van der Waals surface area contributed by atoms with Crippen LogP contribution in [-0.4, -0.2) is 34.8 Å². The monoisotopic (exact) mass is 460 g/mol. The van der Waals surface area contributed by atoms with Crippen LogP contribution in [0, 0.1) is 5.82 Å².